The second kappa shape index (κ2) is 6.26. The lowest BCUT2D eigenvalue weighted by Crippen LogP contribution is -2.81. The number of aromatic nitrogens is 2. The average Bonchev–Trinajstić information content (AvgIpc) is 2.94. The van der Waals surface area contributed by atoms with Crippen molar-refractivity contribution < 1.29 is 5.32 Å². The number of aryl methyl sites for hydroxylation is 2. The molecule has 0 radical (unpaired) electrons. The number of fused-ring (bicyclic) bond motifs is 3. The van der Waals surface area contributed by atoms with E-state index in [2.05, 4.69) is 22.4 Å². The zero-order valence-electron chi connectivity index (χ0n) is 13.0. The second-order valence-corrected chi connectivity index (χ2v) is 7.17. The molecule has 0 bridgehead atoms. The van der Waals surface area contributed by atoms with Crippen molar-refractivity contribution in [2.45, 2.75) is 38.8 Å². The highest BCUT2D eigenvalue weighted by molar-refractivity contribution is 7.18. The third kappa shape index (κ3) is 2.94. The lowest BCUT2D eigenvalue weighted by molar-refractivity contribution is -0.687. The van der Waals surface area contributed by atoms with Crippen LogP contribution in [0.15, 0.2) is 35.1 Å². The van der Waals surface area contributed by atoms with E-state index in [-0.39, 0.29) is 5.56 Å². The Morgan fingerprint density at radius 1 is 1.13 bits per heavy atom. The lowest BCUT2D eigenvalue weighted by Gasteiger charge is -2.09. The molecule has 3 N–H and O–H groups in total. The first-order chi connectivity index (χ1) is 11.3. The van der Waals surface area contributed by atoms with Crippen molar-refractivity contribution >= 4 is 21.6 Å². The van der Waals surface area contributed by atoms with Crippen LogP contribution >= 0.6 is 11.3 Å². The van der Waals surface area contributed by atoms with Crippen LogP contribution in [0.4, 0.5) is 0 Å². The van der Waals surface area contributed by atoms with Gasteiger partial charge in [-0.1, -0.05) is 30.3 Å². The molecule has 0 unspecified atom stereocenters. The van der Waals surface area contributed by atoms with Crippen LogP contribution in [0.1, 0.15) is 34.7 Å². The van der Waals surface area contributed by atoms with Crippen LogP contribution in [0.3, 0.4) is 0 Å². The minimum absolute atomic E-state index is 0.0394. The molecule has 0 atom stereocenters. The molecule has 0 saturated heterocycles. The Morgan fingerprint density at radius 3 is 2.83 bits per heavy atom. The molecule has 3 aromatic rings. The molecule has 2 heterocycles. The van der Waals surface area contributed by atoms with Gasteiger partial charge in [0.2, 0.25) is 0 Å². The molecule has 0 spiro atoms. The third-order valence-electron chi connectivity index (χ3n) is 4.43. The van der Waals surface area contributed by atoms with Crippen LogP contribution < -0.4 is 10.9 Å². The Kier molecular flexibility index (Phi) is 3.97. The van der Waals surface area contributed by atoms with Gasteiger partial charge >= 0.3 is 0 Å². The summed E-state index contributed by atoms with van der Waals surface area (Å²) in [6.07, 6.45) is 4.55. The summed E-state index contributed by atoms with van der Waals surface area (Å²) < 4.78 is 0. The minimum Gasteiger partial charge on any atom is -0.336 e. The van der Waals surface area contributed by atoms with Crippen molar-refractivity contribution in [1.82, 2.24) is 9.97 Å². The maximum Gasteiger partial charge on any atom is 0.260 e. The number of hydrogen-bond acceptors (Lipinski definition) is 3. The topological polar surface area (TPSA) is 62.4 Å². The van der Waals surface area contributed by atoms with Gasteiger partial charge in [-0.15, -0.1) is 11.3 Å². The van der Waals surface area contributed by atoms with E-state index in [9.17, 15) is 4.79 Å². The summed E-state index contributed by atoms with van der Waals surface area (Å²) >= 11 is 1.71. The van der Waals surface area contributed by atoms with Crippen LogP contribution in [0.5, 0.6) is 0 Å². The van der Waals surface area contributed by atoms with Crippen molar-refractivity contribution in [1.29, 1.82) is 0 Å². The Morgan fingerprint density at radius 2 is 1.96 bits per heavy atom. The minimum atomic E-state index is 0.0394. The quantitative estimate of drug-likeness (QED) is 0.771. The number of H-pyrrole nitrogens is 1. The number of rotatable bonds is 4. The Bertz CT molecular complexity index is 882. The van der Waals surface area contributed by atoms with Crippen LogP contribution in [0, 0.1) is 0 Å². The fraction of sp³-hybridized carbons (Fsp3) is 0.333. The zero-order chi connectivity index (χ0) is 15.6. The van der Waals surface area contributed by atoms with E-state index in [4.69, 9.17) is 4.98 Å². The maximum absolute atomic E-state index is 12.5. The number of benzene rings is 1. The van der Waals surface area contributed by atoms with Crippen LogP contribution in [-0.2, 0) is 25.9 Å². The number of hydrogen-bond donors (Lipinski definition) is 2. The highest BCUT2D eigenvalue weighted by atomic mass is 32.1. The van der Waals surface area contributed by atoms with Gasteiger partial charge in [-0.3, -0.25) is 4.79 Å². The van der Waals surface area contributed by atoms with Crippen LogP contribution in [-0.4, -0.2) is 9.97 Å². The van der Waals surface area contributed by atoms with Gasteiger partial charge in [0.05, 0.1) is 5.39 Å². The average molecular weight is 326 g/mol. The van der Waals surface area contributed by atoms with E-state index < -0.39 is 0 Å². The second-order valence-electron chi connectivity index (χ2n) is 6.09. The van der Waals surface area contributed by atoms with Gasteiger partial charge in [0, 0.05) is 10.4 Å². The number of aromatic amines is 1. The molecule has 4 nitrogen and oxygen atoms in total. The first-order valence-corrected chi connectivity index (χ1v) is 9.02. The lowest BCUT2D eigenvalue weighted by atomic mass is 9.97. The van der Waals surface area contributed by atoms with Gasteiger partial charge in [0.15, 0.2) is 5.82 Å². The standard InChI is InChI=1S/C18H19N3OS/c22-17-16-13-8-4-5-9-14(13)23-18(16)21-15(20-17)11-19-10-12-6-2-1-3-7-12/h1-3,6-7,19H,4-5,8-11H2,(H,20,21,22)/p+1. The van der Waals surface area contributed by atoms with E-state index in [1.807, 2.05) is 18.2 Å². The number of nitrogens with two attached hydrogens (primary N) is 1. The molecule has 1 aliphatic rings. The van der Waals surface area contributed by atoms with Crippen molar-refractivity contribution in [2.75, 3.05) is 0 Å². The monoisotopic (exact) mass is 326 g/mol. The summed E-state index contributed by atoms with van der Waals surface area (Å²) in [5.74, 6) is 0.775. The summed E-state index contributed by atoms with van der Waals surface area (Å²) in [7, 11) is 0. The van der Waals surface area contributed by atoms with Crippen LogP contribution in [0.25, 0.3) is 10.2 Å². The highest BCUT2D eigenvalue weighted by Gasteiger charge is 2.19. The van der Waals surface area contributed by atoms with Crippen molar-refractivity contribution in [3.8, 4) is 0 Å². The smallest absolute Gasteiger partial charge is 0.260 e. The van der Waals surface area contributed by atoms with E-state index in [1.54, 1.807) is 11.3 Å². The van der Waals surface area contributed by atoms with Crippen molar-refractivity contribution in [2.24, 2.45) is 0 Å². The van der Waals surface area contributed by atoms with Gasteiger partial charge in [0.1, 0.15) is 17.9 Å². The van der Waals surface area contributed by atoms with Gasteiger partial charge < -0.3 is 10.3 Å². The van der Waals surface area contributed by atoms with Crippen LogP contribution in [0.2, 0.25) is 0 Å². The molecule has 0 fully saturated rings. The molecular weight excluding hydrogens is 306 g/mol. The Hall–Kier alpha value is -1.98. The summed E-state index contributed by atoms with van der Waals surface area (Å²) in [5.41, 5.74) is 2.57. The molecule has 5 heteroatoms. The Balaban J connectivity index is 1.55. The molecule has 0 aliphatic heterocycles. The normalized spacial score (nSPS) is 14.1. The predicted molar refractivity (Wildman–Crippen MR) is 92.7 cm³/mol. The molecule has 2 aromatic heterocycles. The largest absolute Gasteiger partial charge is 0.336 e. The van der Waals surface area contributed by atoms with Gasteiger partial charge in [0.25, 0.3) is 5.56 Å². The first-order valence-electron chi connectivity index (χ1n) is 8.20. The Labute approximate surface area is 138 Å². The predicted octanol–water partition coefficient (Wildman–Crippen LogP) is 2.13. The van der Waals surface area contributed by atoms with Crippen molar-refractivity contribution in [3.05, 3.63) is 62.5 Å². The SMILES string of the molecule is O=c1[nH]c(C[NH2+]Cc2ccccc2)nc2sc3c(c12)CCCC3. The van der Waals surface area contributed by atoms with E-state index in [0.717, 1.165) is 35.4 Å². The number of nitrogens with zero attached hydrogens (tertiary/aromatic N) is 1. The van der Waals surface area contributed by atoms with Gasteiger partial charge in [-0.05, 0) is 31.2 Å². The summed E-state index contributed by atoms with van der Waals surface area (Å²) in [6.45, 7) is 1.59. The van der Waals surface area contributed by atoms with E-state index in [0.29, 0.717) is 6.54 Å². The zero-order valence-corrected chi connectivity index (χ0v) is 13.8. The van der Waals surface area contributed by atoms with Gasteiger partial charge in [-0.2, -0.15) is 0 Å². The summed E-state index contributed by atoms with van der Waals surface area (Å²) in [4.78, 5) is 22.4. The summed E-state index contributed by atoms with van der Waals surface area (Å²) in [6, 6.07) is 10.3. The molecular formula is C18H20N3OS+. The molecule has 4 rings (SSSR count). The summed E-state index contributed by atoms with van der Waals surface area (Å²) in [5, 5.41) is 3.02. The fourth-order valence-electron chi connectivity index (χ4n) is 3.29. The maximum atomic E-state index is 12.5. The van der Waals surface area contributed by atoms with E-state index in [1.165, 1.54) is 28.8 Å². The fourth-order valence-corrected chi connectivity index (χ4v) is 4.58. The highest BCUT2D eigenvalue weighted by Crippen LogP contribution is 2.33. The molecule has 0 amide bonds. The molecule has 1 aliphatic carbocycles. The van der Waals surface area contributed by atoms with Gasteiger partial charge in [-0.25, -0.2) is 4.98 Å². The number of nitrogens with one attached hydrogen (secondary N) is 1. The third-order valence-corrected chi connectivity index (χ3v) is 5.62. The number of quaternary nitrogens is 1. The van der Waals surface area contributed by atoms with E-state index >= 15 is 0 Å². The molecule has 0 saturated carbocycles. The molecule has 1 aromatic carbocycles. The van der Waals surface area contributed by atoms with Crippen molar-refractivity contribution in [3.63, 3.8) is 0 Å². The molecule has 118 valence electrons. The first kappa shape index (κ1) is 14.6. The number of thiophene rings is 1. The molecule has 23 heavy (non-hydrogen) atoms.